The summed E-state index contributed by atoms with van der Waals surface area (Å²) in [5, 5.41) is 0. The summed E-state index contributed by atoms with van der Waals surface area (Å²) in [6.45, 7) is 0.737. The first-order valence-corrected chi connectivity index (χ1v) is 6.09. The first-order valence-electron chi connectivity index (χ1n) is 6.09. The van der Waals surface area contributed by atoms with E-state index in [0.29, 0.717) is 11.9 Å². The molecule has 0 amide bonds. The van der Waals surface area contributed by atoms with E-state index in [1.165, 1.54) is 5.56 Å². The molecule has 2 heterocycles. The largest absolute Gasteiger partial charge is 0.493 e. The van der Waals surface area contributed by atoms with Crippen LogP contribution in [0.2, 0.25) is 0 Å². The van der Waals surface area contributed by atoms with E-state index in [0.717, 1.165) is 30.9 Å². The van der Waals surface area contributed by atoms with Crippen LogP contribution in [-0.2, 0) is 12.8 Å². The van der Waals surface area contributed by atoms with Gasteiger partial charge >= 0.3 is 0 Å². The minimum Gasteiger partial charge on any atom is -0.493 e. The molecule has 1 aromatic heterocycles. The number of para-hydroxylation sites is 1. The zero-order valence-electron chi connectivity index (χ0n) is 10.0. The number of aromatic nitrogens is 2. The predicted octanol–water partition coefficient (Wildman–Crippen LogP) is 1.85. The van der Waals surface area contributed by atoms with Crippen LogP contribution in [0.15, 0.2) is 36.5 Å². The lowest BCUT2D eigenvalue weighted by Crippen LogP contribution is -2.23. The summed E-state index contributed by atoms with van der Waals surface area (Å²) in [5.74, 6) is 1.80. The molecule has 1 atom stereocenters. The van der Waals surface area contributed by atoms with Gasteiger partial charge in [-0.2, -0.15) is 0 Å². The molecule has 1 aliphatic heterocycles. The number of nitrogens with two attached hydrogens (primary N) is 1. The molecule has 0 unspecified atom stereocenters. The van der Waals surface area contributed by atoms with Crippen LogP contribution >= 0.6 is 0 Å². The molecule has 1 aliphatic rings. The smallest absolute Gasteiger partial charge is 0.220 e. The summed E-state index contributed by atoms with van der Waals surface area (Å²) < 4.78 is 5.76. The maximum absolute atomic E-state index is 5.76. The van der Waals surface area contributed by atoms with E-state index in [2.05, 4.69) is 16.0 Å². The molecule has 92 valence electrons. The van der Waals surface area contributed by atoms with E-state index in [1.54, 1.807) is 6.20 Å². The minimum atomic E-state index is 0.338. The van der Waals surface area contributed by atoms with Gasteiger partial charge in [0, 0.05) is 17.8 Å². The van der Waals surface area contributed by atoms with Crippen molar-refractivity contribution in [2.75, 3.05) is 12.3 Å². The molecule has 0 radical (unpaired) electrons. The van der Waals surface area contributed by atoms with Crippen LogP contribution in [-0.4, -0.2) is 16.6 Å². The number of nitrogens with zero attached hydrogens (tertiary/aromatic N) is 2. The highest BCUT2D eigenvalue weighted by Crippen LogP contribution is 2.28. The van der Waals surface area contributed by atoms with Crippen molar-refractivity contribution in [1.82, 2.24) is 9.97 Å². The first-order chi connectivity index (χ1) is 8.81. The van der Waals surface area contributed by atoms with Crippen molar-refractivity contribution in [2.45, 2.75) is 12.8 Å². The van der Waals surface area contributed by atoms with Crippen molar-refractivity contribution in [3.05, 3.63) is 47.8 Å². The fourth-order valence-electron chi connectivity index (χ4n) is 2.34. The summed E-state index contributed by atoms with van der Waals surface area (Å²) >= 11 is 0. The van der Waals surface area contributed by atoms with E-state index in [1.807, 2.05) is 24.3 Å². The summed E-state index contributed by atoms with van der Waals surface area (Å²) in [4.78, 5) is 8.14. The number of ether oxygens (including phenoxy) is 1. The summed E-state index contributed by atoms with van der Waals surface area (Å²) in [5.41, 5.74) is 7.84. The molecule has 0 bridgehead atoms. The van der Waals surface area contributed by atoms with Crippen LogP contribution in [0.3, 0.4) is 0 Å². The van der Waals surface area contributed by atoms with Gasteiger partial charge in [-0.25, -0.2) is 9.97 Å². The lowest BCUT2D eigenvalue weighted by molar-refractivity contribution is 0.220. The van der Waals surface area contributed by atoms with Gasteiger partial charge in [0.1, 0.15) is 5.75 Å². The van der Waals surface area contributed by atoms with Gasteiger partial charge in [-0.3, -0.25) is 0 Å². The average molecular weight is 241 g/mol. The Labute approximate surface area is 106 Å². The standard InChI is InChI=1S/C14H15N3O/c15-14-16-6-5-12(17-14)8-10-7-11-3-1-2-4-13(11)18-9-10/h1-6,10H,7-9H2,(H2,15,16,17)/t10-/m0/s1. The van der Waals surface area contributed by atoms with E-state index >= 15 is 0 Å². The highest BCUT2D eigenvalue weighted by atomic mass is 16.5. The maximum Gasteiger partial charge on any atom is 0.220 e. The van der Waals surface area contributed by atoms with E-state index in [-0.39, 0.29) is 0 Å². The summed E-state index contributed by atoms with van der Waals surface area (Å²) in [6, 6.07) is 10.1. The number of hydrogen-bond donors (Lipinski definition) is 1. The highest BCUT2D eigenvalue weighted by molar-refractivity contribution is 5.35. The number of anilines is 1. The normalized spacial score (nSPS) is 17.9. The lowest BCUT2D eigenvalue weighted by Gasteiger charge is -2.24. The van der Waals surface area contributed by atoms with Crippen molar-refractivity contribution in [2.24, 2.45) is 5.92 Å². The molecule has 0 aliphatic carbocycles. The first kappa shape index (κ1) is 11.0. The van der Waals surface area contributed by atoms with Gasteiger partial charge in [0.05, 0.1) is 6.61 Å². The third-order valence-electron chi connectivity index (χ3n) is 3.19. The fraction of sp³-hybridized carbons (Fsp3) is 0.286. The van der Waals surface area contributed by atoms with Crippen molar-refractivity contribution < 1.29 is 4.74 Å². The fourth-order valence-corrected chi connectivity index (χ4v) is 2.34. The Balaban J connectivity index is 1.73. The summed E-state index contributed by atoms with van der Waals surface area (Å²) in [7, 11) is 0. The van der Waals surface area contributed by atoms with Crippen molar-refractivity contribution in [3.63, 3.8) is 0 Å². The van der Waals surface area contributed by atoms with Crippen LogP contribution in [0.1, 0.15) is 11.3 Å². The molecular weight excluding hydrogens is 226 g/mol. The highest BCUT2D eigenvalue weighted by Gasteiger charge is 2.20. The molecule has 3 rings (SSSR count). The molecule has 0 fully saturated rings. The van der Waals surface area contributed by atoms with Crippen LogP contribution in [0, 0.1) is 5.92 Å². The van der Waals surface area contributed by atoms with Gasteiger partial charge in [0.2, 0.25) is 5.95 Å². The van der Waals surface area contributed by atoms with Gasteiger partial charge in [-0.05, 0) is 30.5 Å². The Bertz CT molecular complexity index is 556. The van der Waals surface area contributed by atoms with Gasteiger partial charge < -0.3 is 10.5 Å². The Morgan fingerprint density at radius 2 is 2.17 bits per heavy atom. The second-order valence-corrected chi connectivity index (χ2v) is 4.60. The van der Waals surface area contributed by atoms with Crippen LogP contribution in [0.25, 0.3) is 0 Å². The van der Waals surface area contributed by atoms with E-state index in [4.69, 9.17) is 10.5 Å². The average Bonchev–Trinajstić information content (AvgIpc) is 2.39. The minimum absolute atomic E-state index is 0.338. The van der Waals surface area contributed by atoms with E-state index in [9.17, 15) is 0 Å². The molecular formula is C14H15N3O. The van der Waals surface area contributed by atoms with Gasteiger partial charge in [0.15, 0.2) is 0 Å². The molecule has 18 heavy (non-hydrogen) atoms. The van der Waals surface area contributed by atoms with Crippen LogP contribution < -0.4 is 10.5 Å². The Morgan fingerprint density at radius 3 is 3.06 bits per heavy atom. The van der Waals surface area contributed by atoms with Crippen molar-refractivity contribution >= 4 is 5.95 Å². The molecule has 2 aromatic rings. The Hall–Kier alpha value is -2.10. The topological polar surface area (TPSA) is 61.0 Å². The molecule has 0 saturated carbocycles. The third-order valence-corrected chi connectivity index (χ3v) is 3.19. The SMILES string of the molecule is Nc1nccc(C[C@H]2COc3ccccc3C2)n1. The second-order valence-electron chi connectivity index (χ2n) is 4.60. The third kappa shape index (κ3) is 2.27. The van der Waals surface area contributed by atoms with Gasteiger partial charge in [-0.1, -0.05) is 18.2 Å². The molecule has 4 heteroatoms. The lowest BCUT2D eigenvalue weighted by atomic mass is 9.93. The molecule has 1 aromatic carbocycles. The monoisotopic (exact) mass is 241 g/mol. The zero-order chi connectivity index (χ0) is 12.4. The number of rotatable bonds is 2. The predicted molar refractivity (Wildman–Crippen MR) is 69.3 cm³/mol. The van der Waals surface area contributed by atoms with E-state index < -0.39 is 0 Å². The molecule has 4 nitrogen and oxygen atoms in total. The molecule has 0 spiro atoms. The number of benzene rings is 1. The number of nitrogen functional groups attached to an aromatic ring is 1. The second kappa shape index (κ2) is 4.64. The van der Waals surface area contributed by atoms with Crippen LogP contribution in [0.5, 0.6) is 5.75 Å². The number of fused-ring (bicyclic) bond motifs is 1. The Kier molecular flexibility index (Phi) is 2.84. The van der Waals surface area contributed by atoms with Crippen molar-refractivity contribution in [3.8, 4) is 5.75 Å². The van der Waals surface area contributed by atoms with Crippen LogP contribution in [0.4, 0.5) is 5.95 Å². The summed E-state index contributed by atoms with van der Waals surface area (Å²) in [6.07, 6.45) is 3.61. The molecule has 2 N–H and O–H groups in total. The zero-order valence-corrected chi connectivity index (χ0v) is 10.0. The van der Waals surface area contributed by atoms with Gasteiger partial charge in [0.25, 0.3) is 0 Å². The van der Waals surface area contributed by atoms with Crippen molar-refractivity contribution in [1.29, 1.82) is 0 Å². The Morgan fingerprint density at radius 1 is 1.28 bits per heavy atom. The van der Waals surface area contributed by atoms with Gasteiger partial charge in [-0.15, -0.1) is 0 Å². The quantitative estimate of drug-likeness (QED) is 0.871. The number of hydrogen-bond acceptors (Lipinski definition) is 4. The molecule has 0 saturated heterocycles. The maximum atomic E-state index is 5.76.